The van der Waals surface area contributed by atoms with Gasteiger partial charge in [0.05, 0.1) is 22.7 Å². The topological polar surface area (TPSA) is 67.9 Å². The van der Waals surface area contributed by atoms with Crippen molar-refractivity contribution in [2.24, 2.45) is 4.99 Å². The normalized spacial score (nSPS) is 12.0. The van der Waals surface area contributed by atoms with Crippen LogP contribution in [0.1, 0.15) is 5.56 Å². The Hall–Kier alpha value is -3.64. The molecule has 2 heterocycles. The number of aromatic hydroxyl groups is 1. The van der Waals surface area contributed by atoms with E-state index in [0.717, 1.165) is 26.9 Å². The van der Waals surface area contributed by atoms with E-state index in [4.69, 9.17) is 14.1 Å². The molecule has 2 aromatic heterocycles. The van der Waals surface area contributed by atoms with E-state index in [0.29, 0.717) is 21.8 Å². The Kier molecular flexibility index (Phi) is 4.48. The lowest BCUT2D eigenvalue weighted by Gasteiger charge is -2.06. The van der Waals surface area contributed by atoms with Crippen LogP contribution < -0.4 is 10.1 Å². The third-order valence-corrected chi connectivity index (χ3v) is 5.76. The number of phenolic OH excluding ortho intramolecular Hbond substituents is 1. The van der Waals surface area contributed by atoms with Gasteiger partial charge >= 0.3 is 0 Å². The molecule has 5 rings (SSSR count). The summed E-state index contributed by atoms with van der Waals surface area (Å²) in [5, 5.41) is 12.1. The van der Waals surface area contributed by atoms with Crippen molar-refractivity contribution in [2.75, 3.05) is 7.11 Å². The SMILES string of the molecule is COc1ccc(-c2c/c(=N\c3nc4ccc(C)cc4s3)c3cc(O)ccc3o2)cc1. The first-order chi connectivity index (χ1) is 14.6. The summed E-state index contributed by atoms with van der Waals surface area (Å²) in [5.41, 5.74) is 3.65. The number of thiazole rings is 1. The number of aromatic nitrogens is 1. The highest BCUT2D eigenvalue weighted by atomic mass is 32.1. The van der Waals surface area contributed by atoms with Gasteiger partial charge in [0.2, 0.25) is 5.13 Å². The molecule has 3 aromatic carbocycles. The van der Waals surface area contributed by atoms with Gasteiger partial charge in [0.1, 0.15) is 22.8 Å². The lowest BCUT2D eigenvalue weighted by molar-refractivity contribution is 0.415. The summed E-state index contributed by atoms with van der Waals surface area (Å²) in [4.78, 5) is 9.45. The van der Waals surface area contributed by atoms with E-state index >= 15 is 0 Å². The van der Waals surface area contributed by atoms with E-state index in [1.165, 1.54) is 16.9 Å². The van der Waals surface area contributed by atoms with E-state index in [2.05, 4.69) is 18.0 Å². The smallest absolute Gasteiger partial charge is 0.210 e. The van der Waals surface area contributed by atoms with Gasteiger partial charge in [-0.1, -0.05) is 17.4 Å². The molecule has 0 atom stereocenters. The molecule has 148 valence electrons. The Bertz CT molecular complexity index is 1450. The molecule has 0 amide bonds. The fourth-order valence-corrected chi connectivity index (χ4v) is 4.27. The van der Waals surface area contributed by atoms with Crippen molar-refractivity contribution in [3.8, 4) is 22.8 Å². The van der Waals surface area contributed by atoms with Crippen molar-refractivity contribution in [2.45, 2.75) is 6.92 Å². The lowest BCUT2D eigenvalue weighted by Crippen LogP contribution is -2.03. The van der Waals surface area contributed by atoms with Crippen LogP contribution in [0.3, 0.4) is 0 Å². The molecule has 0 aliphatic rings. The van der Waals surface area contributed by atoms with Crippen LogP contribution in [0.4, 0.5) is 5.13 Å². The highest BCUT2D eigenvalue weighted by Gasteiger charge is 2.09. The van der Waals surface area contributed by atoms with Gasteiger partial charge < -0.3 is 14.3 Å². The zero-order valence-electron chi connectivity index (χ0n) is 16.4. The number of methoxy groups -OCH3 is 1. The molecule has 0 aliphatic heterocycles. The molecule has 0 saturated heterocycles. The van der Waals surface area contributed by atoms with Gasteiger partial charge in [-0.3, -0.25) is 0 Å². The van der Waals surface area contributed by atoms with Gasteiger partial charge in [0.25, 0.3) is 0 Å². The molecule has 0 bridgehead atoms. The second-order valence-corrected chi connectivity index (χ2v) is 7.99. The van der Waals surface area contributed by atoms with E-state index in [1.54, 1.807) is 25.3 Å². The van der Waals surface area contributed by atoms with Crippen LogP contribution in [-0.2, 0) is 0 Å². The van der Waals surface area contributed by atoms with Crippen molar-refractivity contribution in [3.63, 3.8) is 0 Å². The number of phenols is 1. The molecular weight excluding hydrogens is 396 g/mol. The Morgan fingerprint density at radius 3 is 2.63 bits per heavy atom. The summed E-state index contributed by atoms with van der Waals surface area (Å²) in [5.74, 6) is 1.61. The van der Waals surface area contributed by atoms with E-state index in [-0.39, 0.29) is 5.75 Å². The minimum Gasteiger partial charge on any atom is -0.508 e. The van der Waals surface area contributed by atoms with Crippen LogP contribution in [0.15, 0.2) is 76.1 Å². The van der Waals surface area contributed by atoms with Crippen LogP contribution in [-0.4, -0.2) is 17.2 Å². The molecule has 6 heteroatoms. The number of hydrogen-bond acceptors (Lipinski definition) is 6. The number of benzene rings is 3. The number of hydrogen-bond donors (Lipinski definition) is 1. The van der Waals surface area contributed by atoms with Gasteiger partial charge in [-0.2, -0.15) is 0 Å². The number of aryl methyl sites for hydroxylation is 1. The first-order valence-electron chi connectivity index (χ1n) is 9.42. The largest absolute Gasteiger partial charge is 0.508 e. The van der Waals surface area contributed by atoms with E-state index < -0.39 is 0 Å². The third-order valence-electron chi connectivity index (χ3n) is 4.85. The van der Waals surface area contributed by atoms with Gasteiger partial charge in [0, 0.05) is 17.0 Å². The minimum absolute atomic E-state index is 0.159. The summed E-state index contributed by atoms with van der Waals surface area (Å²) in [7, 11) is 1.64. The van der Waals surface area contributed by atoms with Crippen molar-refractivity contribution in [1.29, 1.82) is 0 Å². The molecule has 1 N–H and O–H groups in total. The monoisotopic (exact) mass is 414 g/mol. The first-order valence-corrected chi connectivity index (χ1v) is 10.2. The Morgan fingerprint density at radius 2 is 1.83 bits per heavy atom. The summed E-state index contributed by atoms with van der Waals surface area (Å²) in [6, 6.07) is 20.7. The molecule has 5 nitrogen and oxygen atoms in total. The molecule has 0 aliphatic carbocycles. The van der Waals surface area contributed by atoms with Crippen molar-refractivity contribution in [3.05, 3.63) is 77.7 Å². The highest BCUT2D eigenvalue weighted by molar-refractivity contribution is 7.21. The van der Waals surface area contributed by atoms with Crippen LogP contribution >= 0.6 is 11.3 Å². The van der Waals surface area contributed by atoms with Gasteiger partial charge in [0.15, 0.2) is 0 Å². The van der Waals surface area contributed by atoms with Crippen LogP contribution in [0.25, 0.3) is 32.5 Å². The van der Waals surface area contributed by atoms with Crippen molar-refractivity contribution < 1.29 is 14.3 Å². The predicted molar refractivity (Wildman–Crippen MR) is 119 cm³/mol. The Labute approximate surface area is 176 Å². The molecule has 30 heavy (non-hydrogen) atoms. The maximum Gasteiger partial charge on any atom is 0.210 e. The first kappa shape index (κ1) is 18.4. The van der Waals surface area contributed by atoms with Crippen LogP contribution in [0.2, 0.25) is 0 Å². The summed E-state index contributed by atoms with van der Waals surface area (Å²) in [6.07, 6.45) is 0. The minimum atomic E-state index is 0.159. The second kappa shape index (κ2) is 7.31. The zero-order valence-corrected chi connectivity index (χ0v) is 17.2. The maximum absolute atomic E-state index is 10.00. The van der Waals surface area contributed by atoms with Gasteiger partial charge in [-0.15, -0.1) is 0 Å². The molecule has 0 radical (unpaired) electrons. The summed E-state index contributed by atoms with van der Waals surface area (Å²) >= 11 is 1.54. The van der Waals surface area contributed by atoms with Gasteiger partial charge in [-0.05, 0) is 67.1 Å². The van der Waals surface area contributed by atoms with Crippen molar-refractivity contribution >= 4 is 37.7 Å². The fourth-order valence-electron chi connectivity index (χ4n) is 3.32. The number of ether oxygens (including phenoxy) is 1. The number of fused-ring (bicyclic) bond motifs is 2. The molecule has 0 saturated carbocycles. The molecule has 0 spiro atoms. The van der Waals surface area contributed by atoms with Crippen LogP contribution in [0, 0.1) is 6.92 Å². The highest BCUT2D eigenvalue weighted by Crippen LogP contribution is 2.30. The molecule has 5 aromatic rings. The van der Waals surface area contributed by atoms with E-state index in [1.807, 2.05) is 42.5 Å². The van der Waals surface area contributed by atoms with Crippen LogP contribution in [0.5, 0.6) is 11.5 Å². The quantitative estimate of drug-likeness (QED) is 0.395. The summed E-state index contributed by atoms with van der Waals surface area (Å²) in [6.45, 7) is 2.06. The second-order valence-electron chi connectivity index (χ2n) is 6.98. The lowest BCUT2D eigenvalue weighted by atomic mass is 10.1. The maximum atomic E-state index is 10.00. The summed E-state index contributed by atoms with van der Waals surface area (Å²) < 4.78 is 12.4. The average Bonchev–Trinajstić information content (AvgIpc) is 3.15. The number of nitrogens with zero attached hydrogens (tertiary/aromatic N) is 2. The zero-order chi connectivity index (χ0) is 20.7. The molecule has 0 unspecified atom stereocenters. The molecular formula is C24H18N2O3S. The van der Waals surface area contributed by atoms with Crippen molar-refractivity contribution in [1.82, 2.24) is 4.98 Å². The average molecular weight is 414 g/mol. The number of rotatable bonds is 3. The standard InChI is InChI=1S/C24H18N2O3S/c1-14-3-9-19-23(11-14)30-24(25-19)26-20-13-22(15-4-7-17(28-2)8-5-15)29-21-10-6-16(27)12-18(20)21/h3-13,27H,1-2H3/b26-20+. The Balaban J connectivity index is 1.73. The van der Waals surface area contributed by atoms with E-state index in [9.17, 15) is 5.11 Å². The molecule has 0 fully saturated rings. The third kappa shape index (κ3) is 3.42. The Morgan fingerprint density at radius 1 is 1.00 bits per heavy atom. The predicted octanol–water partition coefficient (Wildman–Crippen LogP) is 5.96. The van der Waals surface area contributed by atoms with Gasteiger partial charge in [-0.25, -0.2) is 9.98 Å². The fraction of sp³-hybridized carbons (Fsp3) is 0.0833.